The quantitative estimate of drug-likeness (QED) is 0.511. The van der Waals surface area contributed by atoms with Crippen molar-refractivity contribution in [2.75, 3.05) is 5.32 Å². The first-order valence-electron chi connectivity index (χ1n) is 10.1. The molecule has 0 radical (unpaired) electrons. The molecule has 0 aliphatic carbocycles. The van der Waals surface area contributed by atoms with E-state index in [1.165, 1.54) is 0 Å². The molecule has 0 unspecified atom stereocenters. The fourth-order valence-corrected chi connectivity index (χ4v) is 3.44. The molecule has 5 heteroatoms. The maximum atomic E-state index is 13.2. The summed E-state index contributed by atoms with van der Waals surface area (Å²) in [6.45, 7) is 5.75. The van der Waals surface area contributed by atoms with E-state index < -0.39 is 0 Å². The standard InChI is InChI=1S/C26H23N3O2/c1-17-14-15-22(16-18(17)2)29-25(27-26(31)21-12-8-5-9-13-21)23(24(30)19(3)28-29)20-10-6-4-7-11-20/h4-16H,1-3H3,(H,27,31). The molecule has 154 valence electrons. The van der Waals surface area contributed by atoms with Gasteiger partial charge in [0.25, 0.3) is 5.91 Å². The minimum absolute atomic E-state index is 0.213. The fourth-order valence-electron chi connectivity index (χ4n) is 3.44. The molecule has 5 nitrogen and oxygen atoms in total. The van der Waals surface area contributed by atoms with Crippen LogP contribution in [-0.2, 0) is 0 Å². The van der Waals surface area contributed by atoms with E-state index in [0.29, 0.717) is 22.6 Å². The predicted octanol–water partition coefficient (Wildman–Crippen LogP) is 5.08. The monoisotopic (exact) mass is 409 g/mol. The van der Waals surface area contributed by atoms with E-state index in [0.717, 1.165) is 22.4 Å². The number of aromatic nitrogens is 2. The van der Waals surface area contributed by atoms with Gasteiger partial charge in [-0.2, -0.15) is 5.10 Å². The molecule has 0 aliphatic heterocycles. The Hall–Kier alpha value is -3.99. The van der Waals surface area contributed by atoms with Crippen LogP contribution in [0, 0.1) is 20.8 Å². The Morgan fingerprint density at radius 2 is 1.48 bits per heavy atom. The lowest BCUT2D eigenvalue weighted by molar-refractivity contribution is 0.102. The number of carbonyl (C=O) groups is 1. The SMILES string of the molecule is Cc1ccc(-n2nc(C)c(=O)c(-c3ccccc3)c2NC(=O)c2ccccc2)cc1C. The van der Waals surface area contributed by atoms with Crippen molar-refractivity contribution < 1.29 is 4.79 Å². The van der Waals surface area contributed by atoms with Gasteiger partial charge in [0.15, 0.2) is 0 Å². The van der Waals surface area contributed by atoms with Gasteiger partial charge < -0.3 is 5.32 Å². The second kappa shape index (κ2) is 8.40. The number of benzene rings is 3. The van der Waals surface area contributed by atoms with Crippen molar-refractivity contribution in [1.29, 1.82) is 0 Å². The third-order valence-corrected chi connectivity index (χ3v) is 5.32. The number of nitrogens with one attached hydrogen (secondary N) is 1. The van der Waals surface area contributed by atoms with Crippen LogP contribution in [0.1, 0.15) is 27.2 Å². The molecular weight excluding hydrogens is 386 g/mol. The van der Waals surface area contributed by atoms with Crippen molar-refractivity contribution in [3.05, 3.63) is 111 Å². The number of aryl methyl sites for hydroxylation is 3. The Kier molecular flexibility index (Phi) is 5.50. The highest BCUT2D eigenvalue weighted by atomic mass is 16.2. The summed E-state index contributed by atoms with van der Waals surface area (Å²) in [6.07, 6.45) is 0. The van der Waals surface area contributed by atoms with Crippen molar-refractivity contribution >= 4 is 11.7 Å². The van der Waals surface area contributed by atoms with Gasteiger partial charge in [-0.25, -0.2) is 4.68 Å². The number of rotatable bonds is 4. The van der Waals surface area contributed by atoms with Crippen LogP contribution in [0.3, 0.4) is 0 Å². The molecule has 4 aromatic rings. The van der Waals surface area contributed by atoms with E-state index >= 15 is 0 Å². The molecule has 1 aromatic heterocycles. The Bertz CT molecular complexity index is 1310. The minimum Gasteiger partial charge on any atom is -0.306 e. The van der Waals surface area contributed by atoms with Gasteiger partial charge in [0, 0.05) is 5.56 Å². The zero-order valence-corrected chi connectivity index (χ0v) is 17.7. The van der Waals surface area contributed by atoms with Crippen molar-refractivity contribution in [2.45, 2.75) is 20.8 Å². The lowest BCUT2D eigenvalue weighted by Crippen LogP contribution is -2.25. The molecule has 1 heterocycles. The zero-order valence-electron chi connectivity index (χ0n) is 17.7. The maximum absolute atomic E-state index is 13.2. The first-order valence-corrected chi connectivity index (χ1v) is 10.1. The molecule has 0 bridgehead atoms. The molecule has 1 amide bonds. The largest absolute Gasteiger partial charge is 0.306 e. The molecular formula is C26H23N3O2. The summed E-state index contributed by atoms with van der Waals surface area (Å²) in [4.78, 5) is 26.2. The van der Waals surface area contributed by atoms with Crippen LogP contribution in [0.15, 0.2) is 83.7 Å². The Balaban J connectivity index is 1.98. The second-order valence-corrected chi connectivity index (χ2v) is 7.50. The van der Waals surface area contributed by atoms with E-state index in [-0.39, 0.29) is 11.3 Å². The molecule has 3 aromatic carbocycles. The Morgan fingerprint density at radius 1 is 0.839 bits per heavy atom. The molecule has 0 aliphatic rings. The number of carbonyl (C=O) groups excluding carboxylic acids is 1. The van der Waals surface area contributed by atoms with Gasteiger partial charge in [0.05, 0.1) is 11.3 Å². The summed E-state index contributed by atoms with van der Waals surface area (Å²) in [7, 11) is 0. The molecule has 0 atom stereocenters. The van der Waals surface area contributed by atoms with E-state index in [4.69, 9.17) is 0 Å². The zero-order chi connectivity index (χ0) is 22.0. The van der Waals surface area contributed by atoms with Gasteiger partial charge in [-0.05, 0) is 61.7 Å². The van der Waals surface area contributed by atoms with Crippen molar-refractivity contribution in [3.8, 4) is 16.8 Å². The van der Waals surface area contributed by atoms with Gasteiger partial charge in [-0.1, -0.05) is 54.6 Å². The highest BCUT2D eigenvalue weighted by molar-refractivity contribution is 6.05. The average Bonchev–Trinajstić information content (AvgIpc) is 2.79. The van der Waals surface area contributed by atoms with Crippen molar-refractivity contribution in [3.63, 3.8) is 0 Å². The van der Waals surface area contributed by atoms with E-state index in [2.05, 4.69) is 10.4 Å². The summed E-state index contributed by atoms with van der Waals surface area (Å²) in [5, 5.41) is 7.49. The summed E-state index contributed by atoms with van der Waals surface area (Å²) in [6, 6.07) is 24.2. The molecule has 31 heavy (non-hydrogen) atoms. The number of nitrogens with zero attached hydrogens (tertiary/aromatic N) is 2. The minimum atomic E-state index is -0.305. The van der Waals surface area contributed by atoms with Crippen molar-refractivity contribution in [1.82, 2.24) is 9.78 Å². The molecule has 0 spiro atoms. The summed E-state index contributed by atoms with van der Waals surface area (Å²) in [5.74, 6) is 0.0410. The molecule has 0 fully saturated rings. The van der Waals surface area contributed by atoms with Gasteiger partial charge in [0.2, 0.25) is 5.43 Å². The van der Waals surface area contributed by atoms with Gasteiger partial charge >= 0.3 is 0 Å². The number of hydrogen-bond acceptors (Lipinski definition) is 3. The van der Waals surface area contributed by atoms with Crippen LogP contribution in [0.2, 0.25) is 0 Å². The van der Waals surface area contributed by atoms with Gasteiger partial charge in [-0.15, -0.1) is 0 Å². The predicted molar refractivity (Wildman–Crippen MR) is 124 cm³/mol. The molecule has 0 saturated carbocycles. The van der Waals surface area contributed by atoms with Crippen LogP contribution in [0.25, 0.3) is 16.8 Å². The Labute approximate surface area is 181 Å². The second-order valence-electron chi connectivity index (χ2n) is 7.50. The fraction of sp³-hybridized carbons (Fsp3) is 0.115. The van der Waals surface area contributed by atoms with Crippen molar-refractivity contribution in [2.24, 2.45) is 0 Å². The normalized spacial score (nSPS) is 10.7. The van der Waals surface area contributed by atoms with Crippen LogP contribution < -0.4 is 10.7 Å². The molecule has 1 N–H and O–H groups in total. The highest BCUT2D eigenvalue weighted by Gasteiger charge is 2.21. The smallest absolute Gasteiger partial charge is 0.256 e. The first-order chi connectivity index (χ1) is 15.0. The summed E-state index contributed by atoms with van der Waals surface area (Å²) < 4.78 is 1.65. The lowest BCUT2D eigenvalue weighted by Gasteiger charge is -2.19. The summed E-state index contributed by atoms with van der Waals surface area (Å²) >= 11 is 0. The van der Waals surface area contributed by atoms with E-state index in [1.807, 2.05) is 68.4 Å². The lowest BCUT2D eigenvalue weighted by atomic mass is 10.0. The third kappa shape index (κ3) is 4.03. The summed E-state index contributed by atoms with van der Waals surface area (Å²) in [5.41, 5.74) is 4.80. The van der Waals surface area contributed by atoms with Crippen LogP contribution in [0.4, 0.5) is 5.82 Å². The number of amides is 1. The van der Waals surface area contributed by atoms with E-state index in [9.17, 15) is 9.59 Å². The van der Waals surface area contributed by atoms with Crippen LogP contribution >= 0.6 is 0 Å². The Morgan fingerprint density at radius 3 is 2.13 bits per heavy atom. The van der Waals surface area contributed by atoms with Gasteiger partial charge in [-0.3, -0.25) is 9.59 Å². The highest BCUT2D eigenvalue weighted by Crippen LogP contribution is 2.28. The van der Waals surface area contributed by atoms with E-state index in [1.54, 1.807) is 35.9 Å². The topological polar surface area (TPSA) is 64.0 Å². The first kappa shape index (κ1) is 20.3. The maximum Gasteiger partial charge on any atom is 0.256 e. The number of anilines is 1. The average molecular weight is 409 g/mol. The number of hydrogen-bond donors (Lipinski definition) is 1. The molecule has 4 rings (SSSR count). The van der Waals surface area contributed by atoms with Gasteiger partial charge in [0.1, 0.15) is 11.5 Å². The molecule has 0 saturated heterocycles. The third-order valence-electron chi connectivity index (χ3n) is 5.32. The van der Waals surface area contributed by atoms with Crippen LogP contribution in [-0.4, -0.2) is 15.7 Å². The van der Waals surface area contributed by atoms with Crippen LogP contribution in [0.5, 0.6) is 0 Å².